The molecule has 0 aliphatic heterocycles. The van der Waals surface area contributed by atoms with E-state index in [0.717, 1.165) is 0 Å². The van der Waals surface area contributed by atoms with Gasteiger partial charge in [0.2, 0.25) is 5.91 Å². The summed E-state index contributed by atoms with van der Waals surface area (Å²) in [5.41, 5.74) is 0.506. The smallest absolute Gasteiger partial charge is 0.227 e. The highest BCUT2D eigenvalue weighted by Gasteiger charge is 2.03. The molecule has 0 saturated carbocycles. The zero-order valence-electron chi connectivity index (χ0n) is 10.3. The molecule has 2 N–H and O–H groups in total. The minimum absolute atomic E-state index is 0.150. The molecule has 0 aliphatic rings. The second-order valence-corrected chi connectivity index (χ2v) is 3.36. The number of hydrogen-bond acceptors (Lipinski definition) is 4. The first-order valence-corrected chi connectivity index (χ1v) is 5.70. The minimum atomic E-state index is -0.216. The van der Waals surface area contributed by atoms with E-state index in [4.69, 9.17) is 9.84 Å². The zero-order valence-corrected chi connectivity index (χ0v) is 10.3. The summed E-state index contributed by atoms with van der Waals surface area (Å²) in [6, 6.07) is 5.13. The molecule has 0 saturated heterocycles. The van der Waals surface area contributed by atoms with Crippen LogP contribution in [0.4, 0.5) is 5.82 Å². The molecule has 5 nitrogen and oxygen atoms in total. The summed E-state index contributed by atoms with van der Waals surface area (Å²) in [6.07, 6.45) is 0.294. The summed E-state index contributed by atoms with van der Waals surface area (Å²) < 4.78 is 5.09. The first kappa shape index (κ1) is 14.2. The van der Waals surface area contributed by atoms with Gasteiger partial charge in [0.1, 0.15) is 18.1 Å². The van der Waals surface area contributed by atoms with Crippen molar-refractivity contribution in [2.75, 3.05) is 25.1 Å². The van der Waals surface area contributed by atoms with Crippen LogP contribution in [0.2, 0.25) is 0 Å². The Morgan fingerprint density at radius 1 is 1.56 bits per heavy atom. The monoisotopic (exact) mass is 248 g/mol. The molecule has 1 rings (SSSR count). The molecule has 0 fully saturated rings. The number of ether oxygens (including phenoxy) is 1. The van der Waals surface area contributed by atoms with E-state index in [9.17, 15) is 4.79 Å². The Kier molecular flexibility index (Phi) is 6.47. The van der Waals surface area contributed by atoms with E-state index in [2.05, 4.69) is 22.1 Å². The lowest BCUT2D eigenvalue weighted by atomic mass is 10.3. The molecular formula is C13H16N2O3. The molecular weight excluding hydrogens is 232 g/mol. The van der Waals surface area contributed by atoms with Crippen LogP contribution in [0.1, 0.15) is 19.0 Å². The van der Waals surface area contributed by atoms with Crippen LogP contribution in [0.5, 0.6) is 0 Å². The molecule has 18 heavy (non-hydrogen) atoms. The average molecular weight is 248 g/mol. The molecule has 0 bridgehead atoms. The molecule has 0 unspecified atom stereocenters. The third-order valence-corrected chi connectivity index (χ3v) is 1.99. The van der Waals surface area contributed by atoms with Crippen molar-refractivity contribution in [2.24, 2.45) is 0 Å². The van der Waals surface area contributed by atoms with Gasteiger partial charge in [0.15, 0.2) is 0 Å². The lowest BCUT2D eigenvalue weighted by Crippen LogP contribution is -2.15. The maximum Gasteiger partial charge on any atom is 0.227 e. The number of aliphatic hydroxyl groups is 1. The highest BCUT2D eigenvalue weighted by atomic mass is 16.5. The molecule has 1 aromatic rings. The van der Waals surface area contributed by atoms with Crippen molar-refractivity contribution in [3.63, 3.8) is 0 Å². The zero-order chi connectivity index (χ0) is 13.2. The summed E-state index contributed by atoms with van der Waals surface area (Å²) in [5, 5.41) is 11.2. The van der Waals surface area contributed by atoms with Crippen molar-refractivity contribution < 1.29 is 14.6 Å². The number of rotatable bonds is 5. The number of aromatic nitrogens is 1. The van der Waals surface area contributed by atoms with Crippen molar-refractivity contribution in [2.45, 2.75) is 13.3 Å². The summed E-state index contributed by atoms with van der Waals surface area (Å²) >= 11 is 0. The predicted molar refractivity (Wildman–Crippen MR) is 67.9 cm³/mol. The second kappa shape index (κ2) is 8.23. The van der Waals surface area contributed by atoms with E-state index in [0.29, 0.717) is 31.1 Å². The van der Waals surface area contributed by atoms with Crippen LogP contribution in [0, 0.1) is 11.8 Å². The highest BCUT2D eigenvalue weighted by Crippen LogP contribution is 2.04. The van der Waals surface area contributed by atoms with Crippen LogP contribution >= 0.6 is 0 Å². The van der Waals surface area contributed by atoms with Crippen LogP contribution in [-0.4, -0.2) is 35.8 Å². The number of nitrogens with one attached hydrogen (secondary N) is 1. The van der Waals surface area contributed by atoms with Crippen molar-refractivity contribution in [1.82, 2.24) is 4.98 Å². The van der Waals surface area contributed by atoms with Gasteiger partial charge < -0.3 is 15.2 Å². The Hall–Kier alpha value is -1.90. The molecule has 0 radical (unpaired) electrons. The minimum Gasteiger partial charge on any atom is -0.384 e. The van der Waals surface area contributed by atoms with Gasteiger partial charge in [-0.3, -0.25) is 4.79 Å². The maximum atomic E-state index is 11.5. The van der Waals surface area contributed by atoms with Gasteiger partial charge in [-0.05, 0) is 25.0 Å². The molecule has 1 amide bonds. The maximum absolute atomic E-state index is 11.5. The Morgan fingerprint density at radius 3 is 3.11 bits per heavy atom. The molecule has 5 heteroatoms. The fraction of sp³-hybridized carbons (Fsp3) is 0.385. The first-order chi connectivity index (χ1) is 8.76. The summed E-state index contributed by atoms with van der Waals surface area (Å²) in [4.78, 5) is 15.6. The van der Waals surface area contributed by atoms with Crippen LogP contribution in [0.25, 0.3) is 0 Å². The Labute approximate surface area is 106 Å². The third kappa shape index (κ3) is 5.43. The van der Waals surface area contributed by atoms with E-state index in [-0.39, 0.29) is 12.5 Å². The number of aliphatic hydroxyl groups excluding tert-OH is 1. The lowest BCUT2D eigenvalue weighted by molar-refractivity contribution is -0.117. The van der Waals surface area contributed by atoms with E-state index in [1.807, 2.05) is 6.92 Å². The fourth-order valence-electron chi connectivity index (χ4n) is 1.22. The third-order valence-electron chi connectivity index (χ3n) is 1.99. The van der Waals surface area contributed by atoms with Crippen LogP contribution in [-0.2, 0) is 9.53 Å². The van der Waals surface area contributed by atoms with Crippen molar-refractivity contribution in [1.29, 1.82) is 0 Å². The number of hydrogen-bond donors (Lipinski definition) is 2. The number of carbonyl (C=O) groups is 1. The Balaban J connectivity index is 2.53. The second-order valence-electron chi connectivity index (χ2n) is 3.36. The van der Waals surface area contributed by atoms with E-state index >= 15 is 0 Å². The number of anilines is 1. The predicted octanol–water partition coefficient (Wildman–Crippen LogP) is 0.790. The molecule has 0 atom stereocenters. The highest BCUT2D eigenvalue weighted by molar-refractivity contribution is 5.89. The van der Waals surface area contributed by atoms with Crippen LogP contribution < -0.4 is 5.32 Å². The summed E-state index contributed by atoms with van der Waals surface area (Å²) in [7, 11) is 0. The number of carbonyl (C=O) groups excluding carboxylic acids is 1. The fourth-order valence-corrected chi connectivity index (χ4v) is 1.22. The van der Waals surface area contributed by atoms with Crippen LogP contribution in [0.3, 0.4) is 0 Å². The van der Waals surface area contributed by atoms with Gasteiger partial charge in [-0.25, -0.2) is 4.98 Å². The summed E-state index contributed by atoms with van der Waals surface area (Å²) in [5.74, 6) is 5.47. The van der Waals surface area contributed by atoms with Crippen LogP contribution in [0.15, 0.2) is 18.2 Å². The Bertz CT molecular complexity index is 449. The number of amides is 1. The first-order valence-electron chi connectivity index (χ1n) is 5.70. The van der Waals surface area contributed by atoms with Crippen molar-refractivity contribution in [3.8, 4) is 11.8 Å². The normalized spacial score (nSPS) is 9.44. The molecule has 1 heterocycles. The van der Waals surface area contributed by atoms with Gasteiger partial charge in [-0.1, -0.05) is 12.0 Å². The molecule has 1 aromatic heterocycles. The van der Waals surface area contributed by atoms with E-state index < -0.39 is 0 Å². The van der Waals surface area contributed by atoms with Crippen molar-refractivity contribution >= 4 is 11.7 Å². The quantitative estimate of drug-likeness (QED) is 0.597. The molecule has 0 spiro atoms. The van der Waals surface area contributed by atoms with Gasteiger partial charge in [-0.15, -0.1) is 0 Å². The summed E-state index contributed by atoms with van der Waals surface area (Å²) in [6.45, 7) is 2.65. The topological polar surface area (TPSA) is 71.5 Å². The van der Waals surface area contributed by atoms with Gasteiger partial charge >= 0.3 is 0 Å². The Morgan fingerprint density at radius 2 is 2.39 bits per heavy atom. The SMILES string of the molecule is CCOCCC(=O)Nc1cccc(C#CCO)n1. The van der Waals surface area contributed by atoms with E-state index in [1.54, 1.807) is 18.2 Å². The van der Waals surface area contributed by atoms with Gasteiger partial charge in [0, 0.05) is 6.61 Å². The van der Waals surface area contributed by atoms with Gasteiger partial charge in [-0.2, -0.15) is 0 Å². The van der Waals surface area contributed by atoms with E-state index in [1.165, 1.54) is 0 Å². The van der Waals surface area contributed by atoms with Crippen molar-refractivity contribution in [3.05, 3.63) is 23.9 Å². The van der Waals surface area contributed by atoms with Gasteiger partial charge in [0.25, 0.3) is 0 Å². The largest absolute Gasteiger partial charge is 0.384 e. The molecule has 96 valence electrons. The standard InChI is InChI=1S/C13H16N2O3/c1-2-18-10-8-13(17)15-12-7-3-5-11(14-12)6-4-9-16/h3,5,7,16H,2,8-10H2,1H3,(H,14,15,17). The lowest BCUT2D eigenvalue weighted by Gasteiger charge is -2.04. The van der Waals surface area contributed by atoms with Gasteiger partial charge in [0.05, 0.1) is 13.0 Å². The number of nitrogens with zero attached hydrogens (tertiary/aromatic N) is 1. The molecule has 0 aliphatic carbocycles. The number of pyridine rings is 1. The average Bonchev–Trinajstić information content (AvgIpc) is 2.37. The molecule has 0 aromatic carbocycles.